The molecule has 0 saturated carbocycles. The van der Waals surface area contributed by atoms with E-state index in [1.165, 1.54) is 4.90 Å². The summed E-state index contributed by atoms with van der Waals surface area (Å²) >= 11 is 0. The van der Waals surface area contributed by atoms with Crippen molar-refractivity contribution in [3.63, 3.8) is 0 Å². The third-order valence-corrected chi connectivity index (χ3v) is 5.03. The average Bonchev–Trinajstić information content (AvgIpc) is 2.78. The zero-order chi connectivity index (χ0) is 25.2. The Bertz CT molecular complexity index is 1310. The highest BCUT2D eigenvalue weighted by Crippen LogP contribution is 2.28. The number of fused-ring (bicyclic) bond motifs is 1. The fraction of sp³-hybridized carbons (Fsp3) is 0.174. The van der Waals surface area contributed by atoms with Crippen molar-refractivity contribution in [2.45, 2.75) is 19.4 Å². The first-order valence-electron chi connectivity index (χ1n) is 10.2. The summed E-state index contributed by atoms with van der Waals surface area (Å²) in [6.07, 6.45) is -5.84. The van der Waals surface area contributed by atoms with Crippen LogP contribution in [0.4, 0.5) is 38.5 Å². The van der Waals surface area contributed by atoms with Gasteiger partial charge in [0.2, 0.25) is 5.91 Å². The van der Waals surface area contributed by atoms with Gasteiger partial charge in [-0.15, -0.1) is 13.2 Å². The molecule has 2 N–H and O–H groups in total. The van der Waals surface area contributed by atoms with Crippen LogP contribution in [-0.4, -0.2) is 30.9 Å². The molecule has 1 aliphatic heterocycles. The third-order valence-electron chi connectivity index (χ3n) is 5.03. The number of carbonyl (C=O) groups is 3. The quantitative estimate of drug-likeness (QED) is 0.486. The van der Waals surface area contributed by atoms with Gasteiger partial charge in [0.1, 0.15) is 18.2 Å². The Morgan fingerprint density at radius 1 is 1.03 bits per heavy atom. The Hall–Kier alpha value is -4.35. The van der Waals surface area contributed by atoms with E-state index in [1.807, 2.05) is 5.32 Å². The van der Waals surface area contributed by atoms with E-state index in [4.69, 9.17) is 4.74 Å². The van der Waals surface area contributed by atoms with Crippen LogP contribution < -0.4 is 20.3 Å². The van der Waals surface area contributed by atoms with Gasteiger partial charge in [-0.3, -0.25) is 20.3 Å². The molecule has 0 bridgehead atoms. The summed E-state index contributed by atoms with van der Waals surface area (Å²) in [5, 5.41) is 5.88. The minimum absolute atomic E-state index is 0.194. The van der Waals surface area contributed by atoms with E-state index in [9.17, 15) is 31.9 Å². The van der Waals surface area contributed by atoms with Gasteiger partial charge in [0.05, 0.1) is 5.69 Å². The van der Waals surface area contributed by atoms with Gasteiger partial charge in [-0.05, 0) is 46.7 Å². The summed E-state index contributed by atoms with van der Waals surface area (Å²) in [7, 11) is 0. The maximum Gasteiger partial charge on any atom is 0.573 e. The molecule has 1 heterocycles. The normalized spacial score (nSPS) is 14.0. The van der Waals surface area contributed by atoms with Crippen molar-refractivity contribution < 1.29 is 41.4 Å². The molecule has 182 valence electrons. The van der Waals surface area contributed by atoms with E-state index in [0.29, 0.717) is 17.3 Å². The summed E-state index contributed by atoms with van der Waals surface area (Å²) < 4.78 is 59.6. The van der Waals surface area contributed by atoms with Gasteiger partial charge >= 0.3 is 18.5 Å². The van der Waals surface area contributed by atoms with Crippen LogP contribution >= 0.6 is 0 Å². The van der Waals surface area contributed by atoms with Crippen molar-refractivity contribution in [1.82, 2.24) is 5.32 Å². The third kappa shape index (κ3) is 5.96. The van der Waals surface area contributed by atoms with E-state index in [2.05, 4.69) is 10.1 Å². The summed E-state index contributed by atoms with van der Waals surface area (Å²) in [4.78, 5) is 36.9. The maximum absolute atomic E-state index is 13.9. The van der Waals surface area contributed by atoms with Crippen LogP contribution in [0.1, 0.15) is 12.0 Å². The lowest BCUT2D eigenvalue weighted by atomic mass is 10.1. The number of alkyl halides is 3. The average molecular weight is 491 g/mol. The lowest BCUT2D eigenvalue weighted by Gasteiger charge is -2.26. The van der Waals surface area contributed by atoms with E-state index in [-0.39, 0.29) is 25.5 Å². The van der Waals surface area contributed by atoms with Gasteiger partial charge in [0.25, 0.3) is 0 Å². The van der Waals surface area contributed by atoms with Gasteiger partial charge < -0.3 is 9.47 Å². The number of ether oxygens (including phenoxy) is 2. The fourth-order valence-corrected chi connectivity index (χ4v) is 3.44. The standard InChI is InChI=1S/C23H17F4N3O5/c24-18-6-5-17(35-23(25,26)27)11-19(18)28-22(33)34-12-13-1-2-15-10-16(4-3-14(15)9-13)30-8-7-20(31)29-21(30)32/h1-6,9-11H,7-8,12H2,(H,28,33)(H,29,31,32). The molecule has 8 nitrogen and oxygen atoms in total. The molecule has 0 unspecified atom stereocenters. The number of benzene rings is 3. The molecule has 12 heteroatoms. The number of nitrogens with one attached hydrogen (secondary N) is 2. The number of carbonyl (C=O) groups excluding carboxylic acids is 3. The summed E-state index contributed by atoms with van der Waals surface area (Å²) in [5.41, 5.74) is 0.673. The van der Waals surface area contributed by atoms with Crippen LogP contribution in [0.25, 0.3) is 10.8 Å². The number of anilines is 2. The Kier molecular flexibility index (Phi) is 6.45. The van der Waals surface area contributed by atoms with Gasteiger partial charge in [0, 0.05) is 24.7 Å². The highest BCUT2D eigenvalue weighted by molar-refractivity contribution is 6.06. The number of halogens is 4. The lowest BCUT2D eigenvalue weighted by Crippen LogP contribution is -2.49. The number of hydrogen-bond acceptors (Lipinski definition) is 5. The minimum Gasteiger partial charge on any atom is -0.444 e. The predicted octanol–water partition coefficient (Wildman–Crippen LogP) is 5.07. The monoisotopic (exact) mass is 491 g/mol. The second-order valence-corrected chi connectivity index (χ2v) is 7.51. The van der Waals surface area contributed by atoms with E-state index < -0.39 is 35.7 Å². The Morgan fingerprint density at radius 3 is 2.51 bits per heavy atom. The molecular weight excluding hydrogens is 474 g/mol. The predicted molar refractivity (Wildman–Crippen MR) is 116 cm³/mol. The van der Waals surface area contributed by atoms with Gasteiger partial charge in [-0.1, -0.05) is 18.2 Å². The van der Waals surface area contributed by atoms with Crippen molar-refractivity contribution in [3.05, 3.63) is 66.0 Å². The van der Waals surface area contributed by atoms with E-state index in [1.54, 1.807) is 36.4 Å². The van der Waals surface area contributed by atoms with Crippen LogP contribution in [0.3, 0.4) is 0 Å². The smallest absolute Gasteiger partial charge is 0.444 e. The van der Waals surface area contributed by atoms with Crippen molar-refractivity contribution in [3.8, 4) is 5.75 Å². The Labute approximate surface area is 195 Å². The van der Waals surface area contributed by atoms with Gasteiger partial charge in [-0.25, -0.2) is 14.0 Å². The number of nitrogens with zero attached hydrogens (tertiary/aromatic N) is 1. The molecular formula is C23H17F4N3O5. The number of rotatable bonds is 5. The first kappa shape index (κ1) is 23.8. The lowest BCUT2D eigenvalue weighted by molar-refractivity contribution is -0.274. The summed E-state index contributed by atoms with van der Waals surface area (Å²) in [5.74, 6) is -1.99. The summed E-state index contributed by atoms with van der Waals surface area (Å²) in [6, 6.07) is 12.1. The second kappa shape index (κ2) is 9.49. The van der Waals surface area contributed by atoms with Crippen molar-refractivity contribution in [2.75, 3.05) is 16.8 Å². The SMILES string of the molecule is O=C1CCN(c2ccc3cc(COC(=O)Nc4cc(OC(F)(F)F)ccc4F)ccc3c2)C(=O)N1. The van der Waals surface area contributed by atoms with Gasteiger partial charge in [0.15, 0.2) is 0 Å². The van der Waals surface area contributed by atoms with Crippen LogP contribution in [0.2, 0.25) is 0 Å². The molecule has 0 aliphatic carbocycles. The molecule has 3 aromatic carbocycles. The molecule has 35 heavy (non-hydrogen) atoms. The highest BCUT2D eigenvalue weighted by atomic mass is 19.4. The fourth-order valence-electron chi connectivity index (χ4n) is 3.44. The zero-order valence-corrected chi connectivity index (χ0v) is 17.8. The van der Waals surface area contributed by atoms with Crippen LogP contribution in [0, 0.1) is 5.82 Å². The topological polar surface area (TPSA) is 97.0 Å². The van der Waals surface area contributed by atoms with Crippen LogP contribution in [-0.2, 0) is 16.1 Å². The van der Waals surface area contributed by atoms with Crippen molar-refractivity contribution in [1.29, 1.82) is 0 Å². The molecule has 0 spiro atoms. The molecule has 0 atom stereocenters. The first-order valence-corrected chi connectivity index (χ1v) is 10.2. The molecule has 1 saturated heterocycles. The van der Waals surface area contributed by atoms with Gasteiger partial charge in [-0.2, -0.15) is 0 Å². The molecule has 0 radical (unpaired) electrons. The number of amides is 4. The number of imide groups is 1. The number of hydrogen-bond donors (Lipinski definition) is 2. The molecule has 3 aromatic rings. The Morgan fingerprint density at radius 2 is 1.77 bits per heavy atom. The van der Waals surface area contributed by atoms with Crippen LogP contribution in [0.5, 0.6) is 5.75 Å². The maximum atomic E-state index is 13.9. The second-order valence-electron chi connectivity index (χ2n) is 7.51. The first-order chi connectivity index (χ1) is 16.6. The van der Waals surface area contributed by atoms with Crippen molar-refractivity contribution >= 4 is 40.2 Å². The number of urea groups is 1. The van der Waals surface area contributed by atoms with Crippen molar-refractivity contribution in [2.24, 2.45) is 0 Å². The largest absolute Gasteiger partial charge is 0.573 e. The summed E-state index contributed by atoms with van der Waals surface area (Å²) in [6.45, 7) is 0.0730. The zero-order valence-electron chi connectivity index (χ0n) is 17.8. The van der Waals surface area contributed by atoms with E-state index >= 15 is 0 Å². The molecule has 1 aliphatic rings. The molecule has 0 aromatic heterocycles. The molecule has 1 fully saturated rings. The minimum atomic E-state index is -4.97. The molecule has 4 rings (SSSR count). The van der Waals surface area contributed by atoms with Crippen LogP contribution in [0.15, 0.2) is 54.6 Å². The molecule has 4 amide bonds. The van der Waals surface area contributed by atoms with E-state index in [0.717, 1.165) is 22.9 Å². The highest BCUT2D eigenvalue weighted by Gasteiger charge is 2.31. The Balaban J connectivity index is 1.39.